The zero-order valence-electron chi connectivity index (χ0n) is 12.4. The van der Waals surface area contributed by atoms with Crippen LogP contribution < -0.4 is 5.32 Å². The van der Waals surface area contributed by atoms with Crippen LogP contribution in [-0.4, -0.2) is 62.9 Å². The van der Waals surface area contributed by atoms with Gasteiger partial charge in [-0.2, -0.15) is 12.6 Å². The molecule has 120 valence electrons. The standard InChI is InChI=1S/C13H27NO4S2/c1-12(19)14-5-3-4-6-16-7-8-17-9-10-18-11-13(15)20-2/h12,14,19H,3-11H2,1-2H3. The molecule has 0 aliphatic carbocycles. The largest absolute Gasteiger partial charge is 0.379 e. The number of ether oxygens (including phenoxy) is 3. The van der Waals surface area contributed by atoms with E-state index in [0.29, 0.717) is 26.4 Å². The minimum Gasteiger partial charge on any atom is -0.379 e. The van der Waals surface area contributed by atoms with Gasteiger partial charge in [0.25, 0.3) is 0 Å². The molecule has 0 aromatic heterocycles. The number of thiol groups is 1. The van der Waals surface area contributed by atoms with Gasteiger partial charge in [0.15, 0.2) is 0 Å². The molecule has 0 rings (SSSR count). The van der Waals surface area contributed by atoms with Crippen molar-refractivity contribution in [3.05, 3.63) is 0 Å². The lowest BCUT2D eigenvalue weighted by atomic mass is 10.3. The average Bonchev–Trinajstić information content (AvgIpc) is 2.43. The van der Waals surface area contributed by atoms with Gasteiger partial charge >= 0.3 is 0 Å². The zero-order valence-corrected chi connectivity index (χ0v) is 14.1. The summed E-state index contributed by atoms with van der Waals surface area (Å²) in [6.07, 6.45) is 3.87. The summed E-state index contributed by atoms with van der Waals surface area (Å²) >= 11 is 5.41. The molecule has 0 amide bonds. The van der Waals surface area contributed by atoms with Gasteiger partial charge in [-0.15, -0.1) is 0 Å². The second-order valence-corrected chi connectivity index (χ2v) is 5.83. The van der Waals surface area contributed by atoms with Gasteiger partial charge in [-0.1, -0.05) is 11.8 Å². The summed E-state index contributed by atoms with van der Waals surface area (Å²) in [4.78, 5) is 10.9. The number of hydrogen-bond donors (Lipinski definition) is 2. The molecule has 1 atom stereocenters. The number of nitrogens with one attached hydrogen (secondary N) is 1. The Morgan fingerprint density at radius 2 is 1.70 bits per heavy atom. The first kappa shape index (κ1) is 20.2. The van der Waals surface area contributed by atoms with Crippen LogP contribution in [0.3, 0.4) is 0 Å². The molecule has 0 bridgehead atoms. The molecule has 20 heavy (non-hydrogen) atoms. The molecule has 0 spiro atoms. The smallest absolute Gasteiger partial charge is 0.214 e. The predicted octanol–water partition coefficient (Wildman–Crippen LogP) is 1.57. The van der Waals surface area contributed by atoms with Crippen LogP contribution in [0.5, 0.6) is 0 Å². The molecule has 1 unspecified atom stereocenters. The van der Waals surface area contributed by atoms with Crippen LogP contribution in [0.4, 0.5) is 0 Å². The van der Waals surface area contributed by atoms with E-state index in [0.717, 1.165) is 26.0 Å². The number of rotatable bonds is 14. The molecule has 0 fully saturated rings. The first-order valence-corrected chi connectivity index (χ1v) is 8.62. The Kier molecular flexibility index (Phi) is 15.8. The van der Waals surface area contributed by atoms with Gasteiger partial charge in [-0.3, -0.25) is 4.79 Å². The van der Waals surface area contributed by atoms with E-state index in [1.54, 1.807) is 6.26 Å². The molecule has 0 aliphatic rings. The fraction of sp³-hybridized carbons (Fsp3) is 0.923. The van der Waals surface area contributed by atoms with E-state index >= 15 is 0 Å². The molecule has 0 aliphatic heterocycles. The van der Waals surface area contributed by atoms with Crippen LogP contribution in [0.1, 0.15) is 19.8 Å². The third-order valence-corrected chi connectivity index (χ3v) is 3.10. The van der Waals surface area contributed by atoms with E-state index in [4.69, 9.17) is 14.2 Å². The van der Waals surface area contributed by atoms with Gasteiger partial charge in [-0.25, -0.2) is 0 Å². The molecular weight excluding hydrogens is 298 g/mol. The molecule has 5 nitrogen and oxygen atoms in total. The molecule has 7 heteroatoms. The van der Waals surface area contributed by atoms with Crippen molar-refractivity contribution >= 4 is 29.5 Å². The van der Waals surface area contributed by atoms with Crippen LogP contribution >= 0.6 is 24.4 Å². The number of carbonyl (C=O) groups is 1. The van der Waals surface area contributed by atoms with Crippen molar-refractivity contribution in [1.82, 2.24) is 5.32 Å². The van der Waals surface area contributed by atoms with Crippen molar-refractivity contribution in [3.8, 4) is 0 Å². The number of unbranched alkanes of at least 4 members (excludes halogenated alkanes) is 1. The second kappa shape index (κ2) is 15.6. The number of thioether (sulfide) groups is 1. The Bertz CT molecular complexity index is 230. The van der Waals surface area contributed by atoms with E-state index in [2.05, 4.69) is 17.9 Å². The highest BCUT2D eigenvalue weighted by molar-refractivity contribution is 8.13. The molecule has 0 aromatic rings. The Balaban J connectivity index is 3.01. The quantitative estimate of drug-likeness (QED) is 0.287. The van der Waals surface area contributed by atoms with Crippen LogP contribution in [0.2, 0.25) is 0 Å². The van der Waals surface area contributed by atoms with Crippen molar-refractivity contribution in [2.24, 2.45) is 0 Å². The summed E-state index contributed by atoms with van der Waals surface area (Å²) in [5, 5.41) is 3.52. The normalized spacial score (nSPS) is 12.6. The molecule has 0 saturated carbocycles. The molecule has 0 radical (unpaired) electrons. The van der Waals surface area contributed by atoms with E-state index in [1.165, 1.54) is 11.8 Å². The fourth-order valence-corrected chi connectivity index (χ4v) is 1.62. The summed E-state index contributed by atoms with van der Waals surface area (Å²) in [5.74, 6) is 0. The minimum absolute atomic E-state index is 0.0372. The third-order valence-electron chi connectivity index (χ3n) is 2.35. The maximum absolute atomic E-state index is 10.9. The van der Waals surface area contributed by atoms with Crippen LogP contribution in [0.15, 0.2) is 0 Å². The Hall–Kier alpha value is 0.210. The maximum Gasteiger partial charge on any atom is 0.214 e. The van der Waals surface area contributed by atoms with Gasteiger partial charge in [0.05, 0.1) is 26.4 Å². The van der Waals surface area contributed by atoms with Crippen LogP contribution in [0, 0.1) is 0 Å². The van der Waals surface area contributed by atoms with E-state index in [9.17, 15) is 4.79 Å². The average molecular weight is 325 g/mol. The van der Waals surface area contributed by atoms with E-state index < -0.39 is 0 Å². The van der Waals surface area contributed by atoms with Crippen molar-refractivity contribution in [2.75, 3.05) is 52.4 Å². The predicted molar refractivity (Wildman–Crippen MR) is 86.7 cm³/mol. The van der Waals surface area contributed by atoms with Gasteiger partial charge in [0, 0.05) is 12.0 Å². The van der Waals surface area contributed by atoms with Gasteiger partial charge in [-0.05, 0) is 32.6 Å². The van der Waals surface area contributed by atoms with Crippen LogP contribution in [0.25, 0.3) is 0 Å². The van der Waals surface area contributed by atoms with Crippen molar-refractivity contribution in [3.63, 3.8) is 0 Å². The SMILES string of the molecule is CSC(=O)COCCOCCOCCCCNC(C)S. The van der Waals surface area contributed by atoms with Gasteiger partial charge in [0.1, 0.15) is 6.61 Å². The summed E-state index contributed by atoms with van der Waals surface area (Å²) in [5.41, 5.74) is 0. The fourth-order valence-electron chi connectivity index (χ4n) is 1.29. The summed E-state index contributed by atoms with van der Waals surface area (Å²) in [6.45, 7) is 5.99. The summed E-state index contributed by atoms with van der Waals surface area (Å²) < 4.78 is 15.9. The van der Waals surface area contributed by atoms with Crippen molar-refractivity contribution < 1.29 is 19.0 Å². The van der Waals surface area contributed by atoms with Crippen molar-refractivity contribution in [1.29, 1.82) is 0 Å². The van der Waals surface area contributed by atoms with Crippen molar-refractivity contribution in [2.45, 2.75) is 25.1 Å². The minimum atomic E-state index is 0.0372. The maximum atomic E-state index is 10.9. The monoisotopic (exact) mass is 325 g/mol. The summed E-state index contributed by atoms with van der Waals surface area (Å²) in [6, 6.07) is 0. The van der Waals surface area contributed by atoms with Crippen LogP contribution in [-0.2, 0) is 19.0 Å². The summed E-state index contributed by atoms with van der Waals surface area (Å²) in [7, 11) is 0. The highest BCUT2D eigenvalue weighted by atomic mass is 32.2. The van der Waals surface area contributed by atoms with Gasteiger partial charge in [0.2, 0.25) is 5.12 Å². The molecule has 0 saturated heterocycles. The van der Waals surface area contributed by atoms with E-state index in [1.807, 2.05) is 6.92 Å². The molecular formula is C13H27NO4S2. The number of hydrogen-bond acceptors (Lipinski definition) is 7. The topological polar surface area (TPSA) is 56.8 Å². The third kappa shape index (κ3) is 16.3. The van der Waals surface area contributed by atoms with Gasteiger partial charge < -0.3 is 19.5 Å². The Morgan fingerprint density at radius 1 is 1.10 bits per heavy atom. The molecule has 0 heterocycles. The zero-order chi connectivity index (χ0) is 15.1. The first-order valence-electron chi connectivity index (χ1n) is 6.88. The Morgan fingerprint density at radius 3 is 2.30 bits per heavy atom. The number of carbonyl (C=O) groups excluding carboxylic acids is 1. The lowest BCUT2D eigenvalue weighted by molar-refractivity contribution is -0.115. The second-order valence-electron chi connectivity index (χ2n) is 4.19. The molecule has 1 N–H and O–H groups in total. The lowest BCUT2D eigenvalue weighted by Gasteiger charge is -2.08. The Labute approximate surface area is 131 Å². The van der Waals surface area contributed by atoms with E-state index in [-0.39, 0.29) is 17.1 Å². The first-order chi connectivity index (χ1) is 9.66. The lowest BCUT2D eigenvalue weighted by Crippen LogP contribution is -2.21. The highest BCUT2D eigenvalue weighted by Gasteiger charge is 1.98. The molecule has 0 aromatic carbocycles. The highest BCUT2D eigenvalue weighted by Crippen LogP contribution is 1.94.